The minimum Gasteiger partial charge on any atom is -0.366 e. The van der Waals surface area contributed by atoms with Crippen molar-refractivity contribution < 1.29 is 4.79 Å². The van der Waals surface area contributed by atoms with Crippen LogP contribution in [0, 0.1) is 31.6 Å². The molecule has 29 heavy (non-hydrogen) atoms. The Balaban J connectivity index is 1.51. The zero-order valence-electron chi connectivity index (χ0n) is 17.2. The molecule has 3 aliphatic rings. The maximum absolute atomic E-state index is 12.4. The molecule has 6 nitrogen and oxygen atoms in total. The van der Waals surface area contributed by atoms with Crippen LogP contribution in [-0.4, -0.2) is 31.8 Å². The first kappa shape index (κ1) is 18.3. The summed E-state index contributed by atoms with van der Waals surface area (Å²) in [5.74, 6) is 2.99. The van der Waals surface area contributed by atoms with Crippen LogP contribution in [0.2, 0.25) is 0 Å². The molecule has 2 N–H and O–H groups in total. The molecule has 0 saturated heterocycles. The van der Waals surface area contributed by atoms with Gasteiger partial charge >= 0.3 is 0 Å². The van der Waals surface area contributed by atoms with Gasteiger partial charge in [0.15, 0.2) is 5.82 Å². The van der Waals surface area contributed by atoms with Gasteiger partial charge in [-0.1, -0.05) is 0 Å². The van der Waals surface area contributed by atoms with E-state index < -0.39 is 0 Å². The molecule has 2 bridgehead atoms. The fourth-order valence-electron chi connectivity index (χ4n) is 5.41. The van der Waals surface area contributed by atoms with Crippen LogP contribution < -0.4 is 5.32 Å². The topological polar surface area (TPSA) is 83.6 Å². The standard InChI is InChI=1S/C23H27N5O/c1-12-8-17-18(11-26-22(17)24-9-12)23-25-10-13(2)21(28-23)27-20-16-6-4-15(5-7-16)19(20)14(3)29/h8-11,15-16,19-20H,4-7H2,1-3H3,(H,24,26)(H,25,27,28)/t15-,16+,19-,20?/m0/s1. The molecular formula is C23H27N5O. The van der Waals surface area contributed by atoms with E-state index in [0.29, 0.717) is 23.4 Å². The Hall–Kier alpha value is -2.76. The number of carbonyl (C=O) groups is 1. The van der Waals surface area contributed by atoms with Crippen molar-refractivity contribution in [2.75, 3.05) is 5.32 Å². The van der Waals surface area contributed by atoms with Gasteiger partial charge in [0.25, 0.3) is 0 Å². The van der Waals surface area contributed by atoms with Crippen molar-refractivity contribution in [1.29, 1.82) is 0 Å². The average molecular weight is 390 g/mol. The SMILES string of the molecule is CC(=O)[C@@H]1C(Nc2nc(-c3c[nH]c4ncc(C)cc34)ncc2C)[C@H]2CC[C@@H]1CC2. The van der Waals surface area contributed by atoms with Crippen molar-refractivity contribution in [1.82, 2.24) is 19.9 Å². The molecule has 0 aromatic carbocycles. The summed E-state index contributed by atoms with van der Waals surface area (Å²) in [7, 11) is 0. The third-order valence-corrected chi connectivity index (χ3v) is 6.87. The van der Waals surface area contributed by atoms with Crippen molar-refractivity contribution >= 4 is 22.6 Å². The fourth-order valence-corrected chi connectivity index (χ4v) is 5.41. The monoisotopic (exact) mass is 389 g/mol. The lowest BCUT2D eigenvalue weighted by Crippen LogP contribution is -2.51. The van der Waals surface area contributed by atoms with Crippen LogP contribution >= 0.6 is 0 Å². The van der Waals surface area contributed by atoms with E-state index in [1.165, 1.54) is 25.7 Å². The third kappa shape index (κ3) is 3.11. The van der Waals surface area contributed by atoms with Gasteiger partial charge < -0.3 is 10.3 Å². The van der Waals surface area contributed by atoms with Crippen LogP contribution in [0.4, 0.5) is 5.82 Å². The minimum absolute atomic E-state index is 0.0975. The largest absolute Gasteiger partial charge is 0.366 e. The number of aryl methyl sites for hydroxylation is 2. The number of Topliss-reactive ketones (excluding diaryl/α,β-unsaturated/α-hetero) is 1. The zero-order valence-corrected chi connectivity index (χ0v) is 17.2. The lowest BCUT2D eigenvalue weighted by Gasteiger charge is -2.48. The Morgan fingerprint density at radius 1 is 1.10 bits per heavy atom. The van der Waals surface area contributed by atoms with Gasteiger partial charge in [0.05, 0.1) is 0 Å². The molecule has 3 heterocycles. The molecule has 0 spiro atoms. The van der Waals surface area contributed by atoms with Gasteiger partial charge in [0.2, 0.25) is 0 Å². The van der Waals surface area contributed by atoms with E-state index in [-0.39, 0.29) is 12.0 Å². The number of nitrogens with zero attached hydrogens (tertiary/aromatic N) is 3. The summed E-state index contributed by atoms with van der Waals surface area (Å²) in [5.41, 5.74) is 3.90. The molecule has 0 radical (unpaired) electrons. The zero-order chi connectivity index (χ0) is 20.1. The Bertz CT molecular complexity index is 1080. The van der Waals surface area contributed by atoms with Gasteiger partial charge in [-0.3, -0.25) is 4.79 Å². The predicted molar refractivity (Wildman–Crippen MR) is 114 cm³/mol. The van der Waals surface area contributed by atoms with Crippen molar-refractivity contribution in [3.05, 3.63) is 35.8 Å². The van der Waals surface area contributed by atoms with Crippen molar-refractivity contribution in [2.24, 2.45) is 17.8 Å². The van der Waals surface area contributed by atoms with E-state index in [9.17, 15) is 4.79 Å². The Morgan fingerprint density at radius 2 is 1.86 bits per heavy atom. The third-order valence-electron chi connectivity index (χ3n) is 6.87. The summed E-state index contributed by atoms with van der Waals surface area (Å²) in [5, 5.41) is 4.70. The fraction of sp³-hybridized carbons (Fsp3) is 0.478. The van der Waals surface area contributed by atoms with E-state index in [1.807, 2.05) is 32.4 Å². The van der Waals surface area contributed by atoms with E-state index >= 15 is 0 Å². The van der Waals surface area contributed by atoms with E-state index in [1.54, 1.807) is 6.92 Å². The number of aromatic nitrogens is 4. The Kier molecular flexibility index (Phi) is 4.37. The van der Waals surface area contributed by atoms with Crippen LogP contribution in [0.5, 0.6) is 0 Å². The molecule has 3 saturated carbocycles. The van der Waals surface area contributed by atoms with E-state index in [4.69, 9.17) is 4.98 Å². The highest BCUT2D eigenvalue weighted by atomic mass is 16.1. The number of hydrogen-bond acceptors (Lipinski definition) is 5. The van der Waals surface area contributed by atoms with Gasteiger partial charge in [-0.2, -0.15) is 0 Å². The summed E-state index contributed by atoms with van der Waals surface area (Å²) < 4.78 is 0. The number of ketones is 1. The number of fused-ring (bicyclic) bond motifs is 4. The van der Waals surface area contributed by atoms with Crippen molar-refractivity contribution in [3.8, 4) is 11.4 Å². The Morgan fingerprint density at radius 3 is 2.62 bits per heavy atom. The van der Waals surface area contributed by atoms with Crippen LogP contribution in [0.25, 0.3) is 22.4 Å². The number of H-pyrrole nitrogens is 1. The number of carbonyl (C=O) groups excluding carboxylic acids is 1. The van der Waals surface area contributed by atoms with Gasteiger partial charge in [-0.25, -0.2) is 15.0 Å². The lowest BCUT2D eigenvalue weighted by atomic mass is 9.60. The van der Waals surface area contributed by atoms with Gasteiger partial charge in [0.1, 0.15) is 17.2 Å². The highest BCUT2D eigenvalue weighted by molar-refractivity contribution is 5.92. The molecule has 2 atom stereocenters. The second-order valence-corrected chi connectivity index (χ2v) is 8.82. The first-order valence-electron chi connectivity index (χ1n) is 10.6. The maximum atomic E-state index is 12.4. The average Bonchev–Trinajstić information content (AvgIpc) is 3.13. The summed E-state index contributed by atoms with van der Waals surface area (Å²) in [6.07, 6.45) is 10.4. The number of pyridine rings is 1. The van der Waals surface area contributed by atoms with Crippen molar-refractivity contribution in [3.63, 3.8) is 0 Å². The first-order valence-corrected chi connectivity index (χ1v) is 10.6. The van der Waals surface area contributed by atoms with Crippen LogP contribution in [-0.2, 0) is 4.79 Å². The minimum atomic E-state index is 0.0975. The van der Waals surface area contributed by atoms with Crippen LogP contribution in [0.1, 0.15) is 43.7 Å². The summed E-state index contributed by atoms with van der Waals surface area (Å²) >= 11 is 0. The molecule has 0 amide bonds. The first-order chi connectivity index (χ1) is 14.0. The van der Waals surface area contributed by atoms with E-state index in [0.717, 1.165) is 33.5 Å². The predicted octanol–water partition coefficient (Wildman–Crippen LogP) is 4.44. The number of rotatable bonds is 4. The van der Waals surface area contributed by atoms with E-state index in [2.05, 4.69) is 26.3 Å². The molecule has 0 aliphatic heterocycles. The highest BCUT2D eigenvalue weighted by Gasteiger charge is 2.45. The molecular weight excluding hydrogens is 362 g/mol. The molecule has 3 aromatic rings. The number of nitrogens with one attached hydrogen (secondary N) is 2. The number of hydrogen-bond donors (Lipinski definition) is 2. The summed E-state index contributed by atoms with van der Waals surface area (Å²) in [4.78, 5) is 29.6. The summed E-state index contributed by atoms with van der Waals surface area (Å²) in [6, 6.07) is 2.28. The lowest BCUT2D eigenvalue weighted by molar-refractivity contribution is -0.126. The second kappa shape index (κ2) is 6.94. The quantitative estimate of drug-likeness (QED) is 0.689. The van der Waals surface area contributed by atoms with Gasteiger partial charge in [-0.15, -0.1) is 0 Å². The smallest absolute Gasteiger partial charge is 0.163 e. The summed E-state index contributed by atoms with van der Waals surface area (Å²) in [6.45, 7) is 5.81. The van der Waals surface area contributed by atoms with Gasteiger partial charge in [-0.05, 0) is 69.9 Å². The highest BCUT2D eigenvalue weighted by Crippen LogP contribution is 2.46. The molecule has 6 rings (SSSR count). The molecule has 3 aromatic heterocycles. The molecule has 1 unspecified atom stereocenters. The maximum Gasteiger partial charge on any atom is 0.163 e. The van der Waals surface area contributed by atoms with Crippen molar-refractivity contribution in [2.45, 2.75) is 52.5 Å². The number of anilines is 1. The second-order valence-electron chi connectivity index (χ2n) is 8.82. The molecule has 3 aliphatic carbocycles. The molecule has 3 fully saturated rings. The van der Waals surface area contributed by atoms with Gasteiger partial charge in [0, 0.05) is 47.1 Å². The van der Waals surface area contributed by atoms with Crippen LogP contribution in [0.15, 0.2) is 24.7 Å². The molecule has 150 valence electrons. The van der Waals surface area contributed by atoms with Crippen LogP contribution in [0.3, 0.4) is 0 Å². The Labute approximate surface area is 170 Å². The normalized spacial score (nSPS) is 26.0. The molecule has 6 heteroatoms. The number of aromatic amines is 1.